The lowest BCUT2D eigenvalue weighted by molar-refractivity contribution is -0.121. The Balaban J connectivity index is 1.86. The van der Waals surface area contributed by atoms with Gasteiger partial charge in [0.25, 0.3) is 0 Å². The molecular formula is C17H23N3O4. The summed E-state index contributed by atoms with van der Waals surface area (Å²) in [6, 6.07) is 3.52. The number of benzene rings is 1. The van der Waals surface area contributed by atoms with Gasteiger partial charge in [0.05, 0.1) is 25.9 Å². The molecule has 7 heteroatoms. The Kier molecular flexibility index (Phi) is 4.89. The number of rotatable bonds is 7. The van der Waals surface area contributed by atoms with Gasteiger partial charge in [0, 0.05) is 12.2 Å². The Morgan fingerprint density at radius 3 is 2.96 bits per heavy atom. The van der Waals surface area contributed by atoms with Crippen LogP contribution in [0.2, 0.25) is 0 Å². The predicted molar refractivity (Wildman–Crippen MR) is 89.7 cm³/mol. The van der Waals surface area contributed by atoms with E-state index in [1.807, 2.05) is 24.0 Å². The molecule has 0 spiro atoms. The molecule has 3 rings (SSSR count). The van der Waals surface area contributed by atoms with Crippen molar-refractivity contribution in [2.75, 3.05) is 20.3 Å². The van der Waals surface area contributed by atoms with E-state index in [2.05, 4.69) is 10.3 Å². The van der Waals surface area contributed by atoms with E-state index in [-0.39, 0.29) is 18.6 Å². The monoisotopic (exact) mass is 333 g/mol. The Hall–Kier alpha value is -2.28. The average molecular weight is 333 g/mol. The SMILES string of the molecule is CCC1C(=O)NC2=Nc3ccc(OCCCCO)c(OC)c3CN21. The van der Waals surface area contributed by atoms with Gasteiger partial charge in [-0.3, -0.25) is 10.1 Å². The van der Waals surface area contributed by atoms with Crippen LogP contribution in [-0.2, 0) is 11.3 Å². The molecule has 7 nitrogen and oxygen atoms in total. The zero-order valence-electron chi connectivity index (χ0n) is 14.0. The molecule has 2 heterocycles. The smallest absolute Gasteiger partial charge is 0.249 e. The van der Waals surface area contributed by atoms with Crippen molar-refractivity contribution < 1.29 is 19.4 Å². The standard InChI is InChI=1S/C17H23N3O4/c1-3-13-16(22)19-17-18-12-6-7-14(24-9-5-4-8-21)15(23-2)11(12)10-20(13)17/h6-7,13,21H,3-5,8-10H2,1-2H3,(H,18,19,22). The lowest BCUT2D eigenvalue weighted by Crippen LogP contribution is -2.36. The van der Waals surface area contributed by atoms with E-state index in [1.165, 1.54) is 0 Å². The number of nitrogens with one attached hydrogen (secondary N) is 1. The summed E-state index contributed by atoms with van der Waals surface area (Å²) in [7, 11) is 1.61. The van der Waals surface area contributed by atoms with E-state index in [0.29, 0.717) is 37.0 Å². The first kappa shape index (κ1) is 16.6. The molecular weight excluding hydrogens is 310 g/mol. The van der Waals surface area contributed by atoms with E-state index in [9.17, 15) is 4.79 Å². The second-order valence-corrected chi connectivity index (χ2v) is 5.85. The Bertz CT molecular complexity index is 659. The normalized spacial score (nSPS) is 18.6. The van der Waals surface area contributed by atoms with Crippen LogP contribution in [0.3, 0.4) is 0 Å². The van der Waals surface area contributed by atoms with Gasteiger partial charge < -0.3 is 19.5 Å². The molecule has 0 bridgehead atoms. The number of hydrogen-bond acceptors (Lipinski definition) is 6. The minimum Gasteiger partial charge on any atom is -0.492 e. The lowest BCUT2D eigenvalue weighted by atomic mass is 10.1. The molecule has 2 aliphatic rings. The van der Waals surface area contributed by atoms with Crippen molar-refractivity contribution in [3.8, 4) is 11.5 Å². The number of carbonyl (C=O) groups is 1. The molecule has 2 N–H and O–H groups in total. The highest BCUT2D eigenvalue weighted by molar-refractivity contribution is 6.07. The second kappa shape index (κ2) is 7.09. The summed E-state index contributed by atoms with van der Waals surface area (Å²) in [6.07, 6.45) is 2.21. The maximum absolute atomic E-state index is 12.0. The van der Waals surface area contributed by atoms with Gasteiger partial charge >= 0.3 is 0 Å². The molecule has 1 aromatic rings. The first-order chi connectivity index (χ1) is 11.7. The summed E-state index contributed by atoms with van der Waals surface area (Å²) < 4.78 is 11.4. The number of nitrogens with zero attached hydrogens (tertiary/aromatic N) is 2. The van der Waals surface area contributed by atoms with Gasteiger partial charge in [0.1, 0.15) is 6.04 Å². The third-order valence-corrected chi connectivity index (χ3v) is 4.34. The molecule has 1 aromatic carbocycles. The highest BCUT2D eigenvalue weighted by Gasteiger charge is 2.38. The van der Waals surface area contributed by atoms with E-state index in [0.717, 1.165) is 24.1 Å². The van der Waals surface area contributed by atoms with Gasteiger partial charge in [0.15, 0.2) is 11.5 Å². The van der Waals surface area contributed by atoms with E-state index in [4.69, 9.17) is 14.6 Å². The number of unbranched alkanes of at least 4 members (excludes halogenated alkanes) is 1. The van der Waals surface area contributed by atoms with Gasteiger partial charge in [0.2, 0.25) is 11.9 Å². The zero-order valence-corrected chi connectivity index (χ0v) is 14.0. The van der Waals surface area contributed by atoms with Crippen molar-refractivity contribution in [2.45, 2.75) is 38.8 Å². The van der Waals surface area contributed by atoms with Gasteiger partial charge in [-0.15, -0.1) is 0 Å². The topological polar surface area (TPSA) is 83.4 Å². The van der Waals surface area contributed by atoms with Crippen molar-refractivity contribution >= 4 is 17.6 Å². The second-order valence-electron chi connectivity index (χ2n) is 5.85. The highest BCUT2D eigenvalue weighted by atomic mass is 16.5. The number of guanidine groups is 1. The number of methoxy groups -OCH3 is 1. The molecule has 1 saturated heterocycles. The summed E-state index contributed by atoms with van der Waals surface area (Å²) in [6.45, 7) is 3.23. The number of ether oxygens (including phenoxy) is 2. The molecule has 0 aliphatic carbocycles. The fourth-order valence-electron chi connectivity index (χ4n) is 3.11. The molecule has 0 aromatic heterocycles. The summed E-state index contributed by atoms with van der Waals surface area (Å²) in [4.78, 5) is 18.6. The van der Waals surface area contributed by atoms with Crippen LogP contribution in [0.25, 0.3) is 0 Å². The molecule has 1 atom stereocenters. The average Bonchev–Trinajstić information content (AvgIpc) is 2.90. The minimum absolute atomic E-state index is 0.0106. The Labute approximate surface area is 141 Å². The van der Waals surface area contributed by atoms with Gasteiger partial charge in [-0.2, -0.15) is 0 Å². The van der Waals surface area contributed by atoms with E-state index < -0.39 is 0 Å². The van der Waals surface area contributed by atoms with E-state index >= 15 is 0 Å². The third-order valence-electron chi connectivity index (χ3n) is 4.34. The number of fused-ring (bicyclic) bond motifs is 2. The van der Waals surface area contributed by atoms with Crippen LogP contribution < -0.4 is 14.8 Å². The summed E-state index contributed by atoms with van der Waals surface area (Å²) >= 11 is 0. The van der Waals surface area contributed by atoms with E-state index in [1.54, 1.807) is 7.11 Å². The number of hydrogen-bond donors (Lipinski definition) is 2. The molecule has 130 valence electrons. The number of aliphatic hydroxyl groups excluding tert-OH is 1. The predicted octanol–water partition coefficient (Wildman–Crippen LogP) is 1.56. The minimum atomic E-state index is -0.198. The highest BCUT2D eigenvalue weighted by Crippen LogP contribution is 2.41. The molecule has 1 unspecified atom stereocenters. The first-order valence-electron chi connectivity index (χ1n) is 8.29. The maximum atomic E-state index is 12.0. The number of amides is 1. The number of carbonyl (C=O) groups excluding carboxylic acids is 1. The van der Waals surface area contributed by atoms with Crippen LogP contribution in [-0.4, -0.2) is 48.2 Å². The van der Waals surface area contributed by atoms with Gasteiger partial charge in [-0.05, 0) is 31.4 Å². The first-order valence-corrected chi connectivity index (χ1v) is 8.29. The number of aliphatic imine (C=N–C) groups is 1. The zero-order chi connectivity index (χ0) is 17.1. The van der Waals surface area contributed by atoms with Crippen LogP contribution in [0.5, 0.6) is 11.5 Å². The van der Waals surface area contributed by atoms with Crippen molar-refractivity contribution in [1.29, 1.82) is 0 Å². The molecule has 0 saturated carbocycles. The molecule has 1 fully saturated rings. The van der Waals surface area contributed by atoms with Crippen molar-refractivity contribution in [2.24, 2.45) is 4.99 Å². The van der Waals surface area contributed by atoms with Crippen LogP contribution in [0.15, 0.2) is 17.1 Å². The van der Waals surface area contributed by atoms with Crippen molar-refractivity contribution in [3.05, 3.63) is 17.7 Å². The van der Waals surface area contributed by atoms with Gasteiger partial charge in [-0.1, -0.05) is 6.92 Å². The summed E-state index contributed by atoms with van der Waals surface area (Å²) in [5, 5.41) is 11.7. The van der Waals surface area contributed by atoms with Crippen LogP contribution in [0.4, 0.5) is 5.69 Å². The van der Waals surface area contributed by atoms with Crippen molar-refractivity contribution in [1.82, 2.24) is 10.2 Å². The van der Waals surface area contributed by atoms with Crippen LogP contribution in [0, 0.1) is 0 Å². The number of aliphatic hydroxyl groups is 1. The van der Waals surface area contributed by atoms with Crippen LogP contribution in [0.1, 0.15) is 31.7 Å². The quantitative estimate of drug-likeness (QED) is 0.740. The van der Waals surface area contributed by atoms with Crippen molar-refractivity contribution in [3.63, 3.8) is 0 Å². The summed E-state index contributed by atoms with van der Waals surface area (Å²) in [5.74, 6) is 1.93. The lowest BCUT2D eigenvalue weighted by Gasteiger charge is -2.28. The Morgan fingerprint density at radius 1 is 1.42 bits per heavy atom. The Morgan fingerprint density at radius 2 is 2.25 bits per heavy atom. The fourth-order valence-corrected chi connectivity index (χ4v) is 3.11. The molecule has 24 heavy (non-hydrogen) atoms. The van der Waals surface area contributed by atoms with Gasteiger partial charge in [-0.25, -0.2) is 4.99 Å². The third kappa shape index (κ3) is 2.91. The molecule has 2 aliphatic heterocycles. The van der Waals surface area contributed by atoms with Crippen LogP contribution >= 0.6 is 0 Å². The summed E-state index contributed by atoms with van der Waals surface area (Å²) in [5.41, 5.74) is 1.72. The largest absolute Gasteiger partial charge is 0.492 e. The molecule has 1 amide bonds. The molecule has 0 radical (unpaired) electrons. The maximum Gasteiger partial charge on any atom is 0.249 e. The fraction of sp³-hybridized carbons (Fsp3) is 0.529.